The molecular weight excluding hydrogens is 204 g/mol. The highest BCUT2D eigenvalue weighted by Gasteiger charge is 2.13. The summed E-state index contributed by atoms with van der Waals surface area (Å²) < 4.78 is 5.05. The summed E-state index contributed by atoms with van der Waals surface area (Å²) in [6.07, 6.45) is 3.62. The van der Waals surface area contributed by atoms with Crippen LogP contribution >= 0.6 is 0 Å². The van der Waals surface area contributed by atoms with Crippen molar-refractivity contribution in [2.24, 2.45) is 0 Å². The van der Waals surface area contributed by atoms with Crippen LogP contribution in [0.1, 0.15) is 19.3 Å². The van der Waals surface area contributed by atoms with Crippen LogP contribution in [-0.4, -0.2) is 74.5 Å². The highest BCUT2D eigenvalue weighted by atomic mass is 16.5. The highest BCUT2D eigenvalue weighted by Crippen LogP contribution is 2.04. The van der Waals surface area contributed by atoms with Gasteiger partial charge in [-0.25, -0.2) is 0 Å². The summed E-state index contributed by atoms with van der Waals surface area (Å²) >= 11 is 0. The maximum Gasteiger partial charge on any atom is 0.0558 e. The van der Waals surface area contributed by atoms with Crippen LogP contribution < -0.4 is 0 Å². The van der Waals surface area contributed by atoms with Crippen LogP contribution in [0.3, 0.4) is 0 Å². The number of hydrogen-bond donors (Lipinski definition) is 1. The second-order valence-corrected chi connectivity index (χ2v) is 4.46. The van der Waals surface area contributed by atoms with Gasteiger partial charge >= 0.3 is 0 Å². The average molecular weight is 230 g/mol. The largest absolute Gasteiger partial charge is 0.395 e. The zero-order valence-corrected chi connectivity index (χ0v) is 10.5. The molecular formula is C12H26N2O2. The Kier molecular flexibility index (Phi) is 7.76. The zero-order chi connectivity index (χ0) is 11.6. The van der Waals surface area contributed by atoms with Crippen molar-refractivity contribution < 1.29 is 9.84 Å². The van der Waals surface area contributed by atoms with Crippen LogP contribution in [-0.2, 0) is 4.74 Å². The Labute approximate surface area is 99.2 Å². The quantitative estimate of drug-likeness (QED) is 0.643. The number of methoxy groups -OCH3 is 1. The Hall–Kier alpha value is -0.160. The Balaban J connectivity index is 2.10. The minimum absolute atomic E-state index is 0.286. The van der Waals surface area contributed by atoms with Crippen molar-refractivity contribution in [2.45, 2.75) is 19.3 Å². The van der Waals surface area contributed by atoms with Gasteiger partial charge in [-0.05, 0) is 38.9 Å². The lowest BCUT2D eigenvalue weighted by Crippen LogP contribution is -2.32. The normalized spacial score (nSPS) is 19.9. The van der Waals surface area contributed by atoms with Gasteiger partial charge in [0.2, 0.25) is 0 Å². The van der Waals surface area contributed by atoms with Crippen molar-refractivity contribution in [3.05, 3.63) is 0 Å². The van der Waals surface area contributed by atoms with Crippen molar-refractivity contribution in [1.82, 2.24) is 9.80 Å². The molecule has 1 fully saturated rings. The number of unbranched alkanes of at least 4 members (excludes halogenated alkanes) is 1. The van der Waals surface area contributed by atoms with E-state index in [0.717, 1.165) is 39.2 Å². The van der Waals surface area contributed by atoms with Crippen molar-refractivity contribution >= 4 is 0 Å². The lowest BCUT2D eigenvalue weighted by Gasteiger charge is -2.21. The Bertz CT molecular complexity index is 167. The van der Waals surface area contributed by atoms with E-state index < -0.39 is 0 Å². The molecule has 0 spiro atoms. The third-order valence-corrected chi connectivity index (χ3v) is 3.17. The summed E-state index contributed by atoms with van der Waals surface area (Å²) in [4.78, 5) is 4.89. The van der Waals surface area contributed by atoms with E-state index in [1.807, 2.05) is 0 Å². The van der Waals surface area contributed by atoms with Crippen molar-refractivity contribution in [1.29, 1.82) is 0 Å². The molecule has 0 bridgehead atoms. The fourth-order valence-electron chi connectivity index (χ4n) is 2.19. The molecule has 1 heterocycles. The second kappa shape index (κ2) is 8.93. The molecule has 0 aliphatic carbocycles. The molecule has 4 nitrogen and oxygen atoms in total. The van der Waals surface area contributed by atoms with Crippen molar-refractivity contribution in [3.8, 4) is 0 Å². The van der Waals surface area contributed by atoms with Gasteiger partial charge in [0.15, 0.2) is 0 Å². The lowest BCUT2D eigenvalue weighted by molar-refractivity contribution is 0.181. The van der Waals surface area contributed by atoms with Gasteiger partial charge in [-0.3, -0.25) is 4.90 Å². The van der Waals surface area contributed by atoms with Gasteiger partial charge in [-0.1, -0.05) is 0 Å². The van der Waals surface area contributed by atoms with Crippen LogP contribution in [0.2, 0.25) is 0 Å². The molecule has 0 saturated carbocycles. The standard InChI is InChI=1S/C12H26N2O2/c1-16-12-3-2-5-13-6-4-7-14(9-8-13)10-11-15/h15H,2-12H2,1H3. The van der Waals surface area contributed by atoms with E-state index in [0.29, 0.717) is 0 Å². The van der Waals surface area contributed by atoms with Crippen molar-refractivity contribution in [3.63, 3.8) is 0 Å². The smallest absolute Gasteiger partial charge is 0.0558 e. The summed E-state index contributed by atoms with van der Waals surface area (Å²) in [6.45, 7) is 7.77. The van der Waals surface area contributed by atoms with Gasteiger partial charge in [0.1, 0.15) is 0 Å². The average Bonchev–Trinajstić information content (AvgIpc) is 2.51. The van der Waals surface area contributed by atoms with E-state index in [9.17, 15) is 0 Å². The second-order valence-electron chi connectivity index (χ2n) is 4.46. The first-order valence-electron chi connectivity index (χ1n) is 6.41. The summed E-state index contributed by atoms with van der Waals surface area (Å²) in [7, 11) is 1.76. The summed E-state index contributed by atoms with van der Waals surface area (Å²) in [5.74, 6) is 0. The molecule has 1 N–H and O–H groups in total. The Morgan fingerprint density at radius 3 is 2.31 bits per heavy atom. The van der Waals surface area contributed by atoms with Gasteiger partial charge in [0.05, 0.1) is 6.61 Å². The lowest BCUT2D eigenvalue weighted by atomic mass is 10.3. The number of β-amino-alcohol motifs (C(OH)–C–C–N with tert-alkyl or cyclic N) is 1. The van der Waals surface area contributed by atoms with Gasteiger partial charge < -0.3 is 14.7 Å². The van der Waals surface area contributed by atoms with Gasteiger partial charge in [-0.15, -0.1) is 0 Å². The highest BCUT2D eigenvalue weighted by molar-refractivity contribution is 4.69. The molecule has 0 atom stereocenters. The number of hydrogen-bond acceptors (Lipinski definition) is 4. The topological polar surface area (TPSA) is 35.9 Å². The first-order chi connectivity index (χ1) is 7.86. The molecule has 4 heteroatoms. The fourth-order valence-corrected chi connectivity index (χ4v) is 2.19. The molecule has 0 aromatic heterocycles. The molecule has 0 amide bonds. The number of aliphatic hydroxyl groups excluding tert-OH is 1. The monoisotopic (exact) mass is 230 g/mol. The number of rotatable bonds is 7. The Morgan fingerprint density at radius 2 is 1.69 bits per heavy atom. The molecule has 0 aromatic carbocycles. The van der Waals surface area contributed by atoms with Crippen LogP contribution in [0.15, 0.2) is 0 Å². The molecule has 1 rings (SSSR count). The van der Waals surface area contributed by atoms with E-state index in [1.165, 1.54) is 25.9 Å². The van der Waals surface area contributed by atoms with E-state index in [4.69, 9.17) is 9.84 Å². The van der Waals surface area contributed by atoms with Gasteiger partial charge in [-0.2, -0.15) is 0 Å². The minimum Gasteiger partial charge on any atom is -0.395 e. The molecule has 1 aliphatic rings. The third kappa shape index (κ3) is 5.80. The Morgan fingerprint density at radius 1 is 1.00 bits per heavy atom. The molecule has 16 heavy (non-hydrogen) atoms. The van der Waals surface area contributed by atoms with Gasteiger partial charge in [0, 0.05) is 33.4 Å². The molecule has 1 aliphatic heterocycles. The van der Waals surface area contributed by atoms with Crippen LogP contribution in [0.5, 0.6) is 0 Å². The fraction of sp³-hybridized carbons (Fsp3) is 1.00. The SMILES string of the molecule is COCCCCN1CCCN(CCO)CC1. The van der Waals surface area contributed by atoms with E-state index in [2.05, 4.69) is 9.80 Å². The first kappa shape index (κ1) is 13.9. The molecule has 0 aromatic rings. The maximum atomic E-state index is 8.91. The molecule has 0 radical (unpaired) electrons. The zero-order valence-electron chi connectivity index (χ0n) is 10.5. The third-order valence-electron chi connectivity index (χ3n) is 3.17. The van der Waals surface area contributed by atoms with Crippen LogP contribution in [0.25, 0.3) is 0 Å². The van der Waals surface area contributed by atoms with Crippen LogP contribution in [0, 0.1) is 0 Å². The maximum absolute atomic E-state index is 8.91. The van der Waals surface area contributed by atoms with E-state index in [-0.39, 0.29) is 6.61 Å². The van der Waals surface area contributed by atoms with Crippen LogP contribution in [0.4, 0.5) is 0 Å². The number of nitrogens with zero attached hydrogens (tertiary/aromatic N) is 2. The first-order valence-corrected chi connectivity index (χ1v) is 6.41. The van der Waals surface area contributed by atoms with Crippen molar-refractivity contribution in [2.75, 3.05) is 59.6 Å². The van der Waals surface area contributed by atoms with Gasteiger partial charge in [0.25, 0.3) is 0 Å². The minimum atomic E-state index is 0.286. The summed E-state index contributed by atoms with van der Waals surface area (Å²) in [6, 6.07) is 0. The summed E-state index contributed by atoms with van der Waals surface area (Å²) in [5.41, 5.74) is 0. The molecule has 96 valence electrons. The van der Waals surface area contributed by atoms with E-state index >= 15 is 0 Å². The predicted molar refractivity (Wildman–Crippen MR) is 65.7 cm³/mol. The number of ether oxygens (including phenoxy) is 1. The number of aliphatic hydroxyl groups is 1. The molecule has 0 unspecified atom stereocenters. The predicted octanol–water partition coefficient (Wildman–Crippen LogP) is 0.413. The van der Waals surface area contributed by atoms with E-state index in [1.54, 1.807) is 7.11 Å². The summed E-state index contributed by atoms with van der Waals surface area (Å²) in [5, 5.41) is 8.91. The molecule has 1 saturated heterocycles.